The van der Waals surface area contributed by atoms with Gasteiger partial charge in [0.1, 0.15) is 12.4 Å². The predicted molar refractivity (Wildman–Crippen MR) is 83.7 cm³/mol. The highest BCUT2D eigenvalue weighted by atomic mass is 32.2. The fourth-order valence-corrected chi connectivity index (χ4v) is 2.28. The van der Waals surface area contributed by atoms with Crippen molar-refractivity contribution in [1.29, 1.82) is 0 Å². The van der Waals surface area contributed by atoms with Gasteiger partial charge < -0.3 is 15.0 Å². The third-order valence-electron chi connectivity index (χ3n) is 3.28. The standard InChI is InChI=1S/C14H24N4OS/c1-4-7-15-12-10-13(17-14(16-12)20-3)19-9-8-18(2)11-5-6-11/h10-11H,4-9H2,1-3H3,(H,15,16,17). The van der Waals surface area contributed by atoms with E-state index in [1.54, 1.807) is 0 Å². The number of rotatable bonds is 9. The molecule has 0 aromatic carbocycles. The van der Waals surface area contributed by atoms with Crippen LogP contribution in [-0.2, 0) is 0 Å². The Hall–Kier alpha value is -1.01. The first-order chi connectivity index (χ1) is 9.72. The van der Waals surface area contributed by atoms with Crippen LogP contribution in [0.25, 0.3) is 0 Å². The van der Waals surface area contributed by atoms with Crippen LogP contribution in [0, 0.1) is 0 Å². The Morgan fingerprint density at radius 2 is 2.25 bits per heavy atom. The van der Waals surface area contributed by atoms with E-state index in [1.807, 2.05) is 12.3 Å². The Morgan fingerprint density at radius 1 is 1.45 bits per heavy atom. The molecule has 1 aromatic heterocycles. The number of hydrogen-bond acceptors (Lipinski definition) is 6. The number of thioether (sulfide) groups is 1. The summed E-state index contributed by atoms with van der Waals surface area (Å²) >= 11 is 1.53. The molecule has 0 saturated heterocycles. The second-order valence-electron chi connectivity index (χ2n) is 5.07. The average molecular weight is 296 g/mol. The maximum Gasteiger partial charge on any atom is 0.219 e. The SMILES string of the molecule is CCCNc1cc(OCCN(C)C2CC2)nc(SC)n1. The van der Waals surface area contributed by atoms with Gasteiger partial charge in [0, 0.05) is 25.2 Å². The molecule has 1 heterocycles. The molecule has 1 aliphatic rings. The monoisotopic (exact) mass is 296 g/mol. The van der Waals surface area contributed by atoms with E-state index in [-0.39, 0.29) is 0 Å². The highest BCUT2D eigenvalue weighted by Crippen LogP contribution is 2.25. The van der Waals surface area contributed by atoms with Gasteiger partial charge in [0.15, 0.2) is 5.16 Å². The van der Waals surface area contributed by atoms with Gasteiger partial charge in [-0.15, -0.1) is 0 Å². The van der Waals surface area contributed by atoms with Crippen LogP contribution in [0.5, 0.6) is 5.88 Å². The number of aromatic nitrogens is 2. The molecule has 0 atom stereocenters. The second kappa shape index (κ2) is 7.69. The van der Waals surface area contributed by atoms with Crippen molar-refractivity contribution in [3.63, 3.8) is 0 Å². The van der Waals surface area contributed by atoms with Crippen molar-refractivity contribution in [2.45, 2.75) is 37.4 Å². The zero-order chi connectivity index (χ0) is 14.4. The largest absolute Gasteiger partial charge is 0.476 e. The lowest BCUT2D eigenvalue weighted by Crippen LogP contribution is -2.26. The fraction of sp³-hybridized carbons (Fsp3) is 0.714. The molecule has 1 saturated carbocycles. The van der Waals surface area contributed by atoms with E-state index in [9.17, 15) is 0 Å². The van der Waals surface area contributed by atoms with Crippen molar-refractivity contribution in [3.8, 4) is 5.88 Å². The van der Waals surface area contributed by atoms with Crippen LogP contribution in [0.4, 0.5) is 5.82 Å². The van der Waals surface area contributed by atoms with E-state index in [4.69, 9.17) is 4.74 Å². The molecule has 2 rings (SSSR count). The molecule has 0 radical (unpaired) electrons. The zero-order valence-electron chi connectivity index (χ0n) is 12.6. The first kappa shape index (κ1) is 15.4. The molecule has 1 fully saturated rings. The van der Waals surface area contributed by atoms with Crippen LogP contribution >= 0.6 is 11.8 Å². The summed E-state index contributed by atoms with van der Waals surface area (Å²) in [6.07, 6.45) is 5.70. The quantitative estimate of drug-likeness (QED) is 0.558. The van der Waals surface area contributed by atoms with Crippen molar-refractivity contribution < 1.29 is 4.74 Å². The molecule has 1 N–H and O–H groups in total. The molecule has 0 bridgehead atoms. The van der Waals surface area contributed by atoms with Gasteiger partial charge in [0.05, 0.1) is 0 Å². The summed E-state index contributed by atoms with van der Waals surface area (Å²) in [7, 11) is 2.16. The first-order valence-corrected chi connectivity index (χ1v) is 8.45. The van der Waals surface area contributed by atoms with Gasteiger partial charge in [-0.1, -0.05) is 18.7 Å². The minimum absolute atomic E-state index is 0.659. The smallest absolute Gasteiger partial charge is 0.219 e. The molecule has 0 spiro atoms. The summed E-state index contributed by atoms with van der Waals surface area (Å²) in [5, 5.41) is 4.03. The number of hydrogen-bond donors (Lipinski definition) is 1. The molecule has 0 aliphatic heterocycles. The van der Waals surface area contributed by atoms with Crippen LogP contribution in [0.2, 0.25) is 0 Å². The van der Waals surface area contributed by atoms with E-state index in [2.05, 4.69) is 34.2 Å². The summed E-state index contributed by atoms with van der Waals surface area (Å²) in [4.78, 5) is 11.2. The minimum atomic E-state index is 0.659. The van der Waals surface area contributed by atoms with E-state index >= 15 is 0 Å². The third-order valence-corrected chi connectivity index (χ3v) is 3.83. The minimum Gasteiger partial charge on any atom is -0.476 e. The van der Waals surface area contributed by atoms with E-state index in [0.717, 1.165) is 36.5 Å². The average Bonchev–Trinajstić information content (AvgIpc) is 3.29. The van der Waals surface area contributed by atoms with Gasteiger partial charge in [-0.05, 0) is 32.6 Å². The normalized spacial score (nSPS) is 14.6. The van der Waals surface area contributed by atoms with Gasteiger partial charge >= 0.3 is 0 Å². The predicted octanol–water partition coefficient (Wildman–Crippen LogP) is 2.49. The lowest BCUT2D eigenvalue weighted by Gasteiger charge is -2.16. The molecular weight excluding hydrogens is 272 g/mol. The fourth-order valence-electron chi connectivity index (χ4n) is 1.90. The molecule has 5 nitrogen and oxygen atoms in total. The number of nitrogens with zero attached hydrogens (tertiary/aromatic N) is 3. The van der Waals surface area contributed by atoms with E-state index in [1.165, 1.54) is 24.6 Å². The number of ether oxygens (including phenoxy) is 1. The maximum atomic E-state index is 5.77. The van der Waals surface area contributed by atoms with Crippen molar-refractivity contribution in [3.05, 3.63) is 6.07 Å². The summed E-state index contributed by atoms with van der Waals surface area (Å²) in [5.41, 5.74) is 0. The van der Waals surface area contributed by atoms with Gasteiger partial charge in [0.25, 0.3) is 0 Å². The highest BCUT2D eigenvalue weighted by molar-refractivity contribution is 7.98. The lowest BCUT2D eigenvalue weighted by molar-refractivity contribution is 0.225. The lowest BCUT2D eigenvalue weighted by atomic mass is 10.4. The summed E-state index contributed by atoms with van der Waals surface area (Å²) in [5.74, 6) is 1.50. The Morgan fingerprint density at radius 3 is 2.90 bits per heavy atom. The molecular formula is C14H24N4OS. The van der Waals surface area contributed by atoms with E-state index < -0.39 is 0 Å². The van der Waals surface area contributed by atoms with Gasteiger partial charge in [-0.2, -0.15) is 4.98 Å². The van der Waals surface area contributed by atoms with Gasteiger partial charge in [0.2, 0.25) is 5.88 Å². The Labute approximate surface area is 125 Å². The van der Waals surface area contributed by atoms with Crippen LogP contribution in [0.15, 0.2) is 11.2 Å². The van der Waals surface area contributed by atoms with Crippen LogP contribution in [0.1, 0.15) is 26.2 Å². The molecule has 1 aliphatic carbocycles. The number of anilines is 1. The Kier molecular flexibility index (Phi) is 5.91. The van der Waals surface area contributed by atoms with E-state index in [0.29, 0.717) is 12.5 Å². The molecule has 20 heavy (non-hydrogen) atoms. The highest BCUT2D eigenvalue weighted by Gasteiger charge is 2.25. The second-order valence-corrected chi connectivity index (χ2v) is 5.84. The van der Waals surface area contributed by atoms with Crippen LogP contribution in [-0.4, -0.2) is 53.9 Å². The molecule has 1 aromatic rings. The van der Waals surface area contributed by atoms with Gasteiger partial charge in [-0.3, -0.25) is 0 Å². The first-order valence-electron chi connectivity index (χ1n) is 7.23. The Bertz CT molecular complexity index is 426. The summed E-state index contributed by atoms with van der Waals surface area (Å²) in [6.45, 7) is 4.66. The van der Waals surface area contributed by atoms with Crippen molar-refractivity contribution >= 4 is 17.6 Å². The molecule has 112 valence electrons. The van der Waals surface area contributed by atoms with Crippen molar-refractivity contribution in [2.75, 3.05) is 38.3 Å². The van der Waals surface area contributed by atoms with Crippen LogP contribution in [0.3, 0.4) is 0 Å². The molecule has 0 unspecified atom stereocenters. The summed E-state index contributed by atoms with van der Waals surface area (Å²) < 4.78 is 5.77. The molecule has 6 heteroatoms. The third kappa shape index (κ3) is 4.83. The van der Waals surface area contributed by atoms with Crippen LogP contribution < -0.4 is 10.1 Å². The number of nitrogens with one attached hydrogen (secondary N) is 1. The topological polar surface area (TPSA) is 50.3 Å². The Balaban J connectivity index is 1.87. The zero-order valence-corrected chi connectivity index (χ0v) is 13.4. The molecule has 0 amide bonds. The summed E-state index contributed by atoms with van der Waals surface area (Å²) in [6, 6.07) is 2.65. The van der Waals surface area contributed by atoms with Gasteiger partial charge in [-0.25, -0.2) is 4.98 Å². The maximum absolute atomic E-state index is 5.77. The van der Waals surface area contributed by atoms with Crippen molar-refractivity contribution in [2.24, 2.45) is 0 Å². The number of likely N-dealkylation sites (N-methyl/N-ethyl adjacent to an activating group) is 1. The van der Waals surface area contributed by atoms with Crippen molar-refractivity contribution in [1.82, 2.24) is 14.9 Å².